The average molecular weight is 507 g/mol. The Hall–Kier alpha value is -4.80. The van der Waals surface area contributed by atoms with Crippen LogP contribution in [0.4, 0.5) is 28.8 Å². The molecular formula is C18H17N7O9S. The molecule has 2 aromatic heterocycles. The molecule has 0 saturated carbocycles. The summed E-state index contributed by atoms with van der Waals surface area (Å²) in [5.41, 5.74) is 0.0292. The van der Waals surface area contributed by atoms with Crippen LogP contribution < -0.4 is 24.2 Å². The van der Waals surface area contributed by atoms with Gasteiger partial charge in [0.1, 0.15) is 5.69 Å². The SMILES string of the molecule is COc1cc(NS(=O)(=O)c2ccc(Nc3cc(OC)c([N+](=O)[O-])nc3[N+](=O)[O-])cc2)nc(OC)n1. The normalized spacial score (nSPS) is 10.8. The van der Waals surface area contributed by atoms with E-state index >= 15 is 0 Å². The highest BCUT2D eigenvalue weighted by atomic mass is 32.2. The number of aromatic nitrogens is 3. The molecule has 0 atom stereocenters. The topological polar surface area (TPSA) is 211 Å². The molecule has 0 amide bonds. The van der Waals surface area contributed by atoms with Gasteiger partial charge in [-0.3, -0.25) is 4.72 Å². The number of nitrogens with one attached hydrogen (secondary N) is 2. The van der Waals surface area contributed by atoms with Gasteiger partial charge in [-0.1, -0.05) is 0 Å². The van der Waals surface area contributed by atoms with Gasteiger partial charge in [0.25, 0.3) is 10.0 Å². The van der Waals surface area contributed by atoms with Crippen molar-refractivity contribution in [3.05, 3.63) is 56.6 Å². The highest BCUT2D eigenvalue weighted by Gasteiger charge is 2.27. The van der Waals surface area contributed by atoms with E-state index in [0.717, 1.165) is 13.2 Å². The third kappa shape index (κ3) is 5.58. The van der Waals surface area contributed by atoms with Crippen molar-refractivity contribution in [3.8, 4) is 17.6 Å². The van der Waals surface area contributed by atoms with Crippen molar-refractivity contribution in [1.82, 2.24) is 15.0 Å². The van der Waals surface area contributed by atoms with Crippen LogP contribution in [0.5, 0.6) is 17.6 Å². The van der Waals surface area contributed by atoms with Crippen LogP contribution in [-0.4, -0.2) is 54.5 Å². The molecule has 0 aliphatic heterocycles. The van der Waals surface area contributed by atoms with Crippen molar-refractivity contribution in [1.29, 1.82) is 0 Å². The van der Waals surface area contributed by atoms with Crippen molar-refractivity contribution < 1.29 is 32.5 Å². The first-order valence-corrected chi connectivity index (χ1v) is 10.8. The zero-order valence-electron chi connectivity index (χ0n) is 18.3. The van der Waals surface area contributed by atoms with Gasteiger partial charge in [-0.15, -0.1) is 0 Å². The van der Waals surface area contributed by atoms with E-state index in [1.807, 2.05) is 0 Å². The summed E-state index contributed by atoms with van der Waals surface area (Å²) in [5.74, 6) is -1.97. The summed E-state index contributed by atoms with van der Waals surface area (Å²) in [7, 11) is -0.303. The minimum Gasteiger partial charge on any atom is -0.489 e. The number of pyridine rings is 1. The summed E-state index contributed by atoms with van der Waals surface area (Å²) in [5, 5.41) is 25.1. The molecule has 35 heavy (non-hydrogen) atoms. The summed E-state index contributed by atoms with van der Waals surface area (Å²) in [6.07, 6.45) is 0. The average Bonchev–Trinajstić information content (AvgIpc) is 2.83. The van der Waals surface area contributed by atoms with Gasteiger partial charge in [0.2, 0.25) is 11.6 Å². The van der Waals surface area contributed by atoms with Gasteiger partial charge in [-0.25, -0.2) is 8.42 Å². The molecule has 16 nitrogen and oxygen atoms in total. The lowest BCUT2D eigenvalue weighted by Gasteiger charge is -2.11. The van der Waals surface area contributed by atoms with E-state index in [4.69, 9.17) is 14.2 Å². The first-order valence-electron chi connectivity index (χ1n) is 9.32. The van der Waals surface area contributed by atoms with E-state index in [9.17, 15) is 28.6 Å². The summed E-state index contributed by atoms with van der Waals surface area (Å²) < 4.78 is 42.5. The molecule has 0 fully saturated rings. The van der Waals surface area contributed by atoms with Gasteiger partial charge >= 0.3 is 17.6 Å². The third-order valence-corrected chi connectivity index (χ3v) is 5.64. The van der Waals surface area contributed by atoms with Gasteiger partial charge in [0, 0.05) is 22.8 Å². The first kappa shape index (κ1) is 24.8. The van der Waals surface area contributed by atoms with Crippen LogP contribution in [0, 0.1) is 20.2 Å². The summed E-state index contributed by atoms with van der Waals surface area (Å²) in [4.78, 5) is 31.7. The highest BCUT2D eigenvalue weighted by molar-refractivity contribution is 7.92. The number of nitrogens with zero attached hydrogens (tertiary/aromatic N) is 5. The molecule has 0 spiro atoms. The van der Waals surface area contributed by atoms with Crippen LogP contribution in [0.15, 0.2) is 41.3 Å². The lowest BCUT2D eigenvalue weighted by Crippen LogP contribution is -2.14. The van der Waals surface area contributed by atoms with E-state index < -0.39 is 31.5 Å². The molecule has 2 N–H and O–H groups in total. The number of sulfonamides is 1. The second-order valence-corrected chi connectivity index (χ2v) is 8.12. The second kappa shape index (κ2) is 10.00. The summed E-state index contributed by atoms with van der Waals surface area (Å²) >= 11 is 0. The van der Waals surface area contributed by atoms with E-state index in [-0.39, 0.29) is 39.7 Å². The molecule has 17 heteroatoms. The number of benzene rings is 1. The van der Waals surface area contributed by atoms with Gasteiger partial charge in [-0.05, 0) is 34.1 Å². The molecule has 2 heterocycles. The minimum absolute atomic E-state index is 0.0721. The Morgan fingerprint density at radius 1 is 0.857 bits per heavy atom. The number of nitro groups is 2. The number of hydrogen-bond acceptors (Lipinski definition) is 13. The molecule has 0 radical (unpaired) electrons. The minimum atomic E-state index is -4.10. The maximum Gasteiger partial charge on any atom is 0.410 e. The molecule has 0 aliphatic carbocycles. The van der Waals surface area contributed by atoms with Crippen LogP contribution in [0.1, 0.15) is 0 Å². The van der Waals surface area contributed by atoms with Crippen LogP contribution in [-0.2, 0) is 10.0 Å². The van der Waals surface area contributed by atoms with Crippen molar-refractivity contribution >= 4 is 38.9 Å². The van der Waals surface area contributed by atoms with Crippen molar-refractivity contribution in [2.75, 3.05) is 31.4 Å². The molecule has 1 aromatic carbocycles. The Bertz CT molecular complexity index is 1360. The lowest BCUT2D eigenvalue weighted by molar-refractivity contribution is -0.403. The molecule has 184 valence electrons. The van der Waals surface area contributed by atoms with E-state index in [0.29, 0.717) is 0 Å². The van der Waals surface area contributed by atoms with E-state index in [2.05, 4.69) is 25.0 Å². The molecule has 0 unspecified atom stereocenters. The predicted octanol–water partition coefficient (Wildman–Crippen LogP) is 2.26. The van der Waals surface area contributed by atoms with Crippen molar-refractivity contribution in [3.63, 3.8) is 0 Å². The zero-order chi connectivity index (χ0) is 25.8. The number of hydrogen-bond donors (Lipinski definition) is 2. The van der Waals surface area contributed by atoms with Gasteiger partial charge in [0.05, 0.1) is 26.2 Å². The van der Waals surface area contributed by atoms with Gasteiger partial charge < -0.3 is 39.8 Å². The smallest absolute Gasteiger partial charge is 0.410 e. The van der Waals surface area contributed by atoms with Gasteiger partial charge in [0.15, 0.2) is 5.82 Å². The maximum atomic E-state index is 12.7. The lowest BCUT2D eigenvalue weighted by atomic mass is 10.3. The summed E-state index contributed by atoms with van der Waals surface area (Å²) in [6, 6.07) is 7.29. The molecular weight excluding hydrogens is 490 g/mol. The predicted molar refractivity (Wildman–Crippen MR) is 120 cm³/mol. The first-order chi connectivity index (χ1) is 16.6. The zero-order valence-corrected chi connectivity index (χ0v) is 19.1. The van der Waals surface area contributed by atoms with E-state index in [1.54, 1.807) is 0 Å². The number of rotatable bonds is 10. The van der Waals surface area contributed by atoms with Crippen molar-refractivity contribution in [2.24, 2.45) is 0 Å². The highest BCUT2D eigenvalue weighted by Crippen LogP contribution is 2.35. The number of ether oxygens (including phenoxy) is 3. The summed E-state index contributed by atoms with van der Waals surface area (Å²) in [6.45, 7) is 0. The van der Waals surface area contributed by atoms with Crippen molar-refractivity contribution in [2.45, 2.75) is 4.90 Å². The maximum absolute atomic E-state index is 12.7. The van der Waals surface area contributed by atoms with Crippen LogP contribution in [0.25, 0.3) is 0 Å². The number of methoxy groups -OCH3 is 3. The Morgan fingerprint density at radius 2 is 1.51 bits per heavy atom. The number of anilines is 3. The fourth-order valence-corrected chi connectivity index (χ4v) is 3.70. The Morgan fingerprint density at radius 3 is 2.06 bits per heavy atom. The Kier molecular flexibility index (Phi) is 7.09. The quantitative estimate of drug-likeness (QED) is 0.298. The molecule has 0 saturated heterocycles. The van der Waals surface area contributed by atoms with Gasteiger partial charge in [-0.2, -0.15) is 9.97 Å². The third-order valence-electron chi connectivity index (χ3n) is 4.27. The van der Waals surface area contributed by atoms with E-state index in [1.165, 1.54) is 44.6 Å². The molecule has 3 rings (SSSR count). The molecule has 3 aromatic rings. The Balaban J connectivity index is 1.88. The second-order valence-electron chi connectivity index (χ2n) is 6.44. The monoisotopic (exact) mass is 507 g/mol. The van der Waals surface area contributed by atoms with Crippen LogP contribution in [0.3, 0.4) is 0 Å². The molecule has 0 aliphatic rings. The Labute approximate surface area is 197 Å². The largest absolute Gasteiger partial charge is 0.489 e. The fraction of sp³-hybridized carbons (Fsp3) is 0.167. The van der Waals surface area contributed by atoms with Crippen LogP contribution >= 0.6 is 0 Å². The standard InChI is InChI=1S/C18H17N7O9S/c1-32-13-8-12(16(24(26)27)22-17(13)25(28)29)19-10-4-6-11(7-5-10)35(30,31)23-14-9-15(33-2)21-18(20-14)34-3/h4-9,19H,1-3H3,(H,20,21,23). The van der Waals surface area contributed by atoms with Crippen LogP contribution in [0.2, 0.25) is 0 Å². The fourth-order valence-electron chi connectivity index (χ4n) is 2.71. The molecule has 0 bridgehead atoms.